The van der Waals surface area contributed by atoms with E-state index in [2.05, 4.69) is 5.38 Å². The van der Waals surface area contributed by atoms with Crippen LogP contribution in [0.3, 0.4) is 0 Å². The van der Waals surface area contributed by atoms with E-state index >= 15 is 0 Å². The van der Waals surface area contributed by atoms with Gasteiger partial charge in [0.2, 0.25) is 0 Å². The highest BCUT2D eigenvalue weighted by Crippen LogP contribution is 2.30. The van der Waals surface area contributed by atoms with E-state index in [1.54, 1.807) is 11.3 Å². The number of nitrogens with zero attached hydrogens (tertiary/aromatic N) is 1. The number of halogens is 3. The molecule has 1 atom stereocenters. The zero-order valence-electron chi connectivity index (χ0n) is 11.6. The van der Waals surface area contributed by atoms with Gasteiger partial charge in [-0.3, -0.25) is 4.90 Å². The molecule has 1 aromatic heterocycles. The van der Waals surface area contributed by atoms with Crippen LogP contribution in [-0.4, -0.2) is 18.5 Å². The van der Waals surface area contributed by atoms with Gasteiger partial charge in [0.25, 0.3) is 0 Å². The lowest BCUT2D eigenvalue weighted by molar-refractivity contribution is -0.137. The molecule has 6 heteroatoms. The highest BCUT2D eigenvalue weighted by Gasteiger charge is 2.30. The van der Waals surface area contributed by atoms with E-state index in [0.717, 1.165) is 17.7 Å². The molecular weight excluding hydrogens is 297 g/mol. The van der Waals surface area contributed by atoms with Crippen LogP contribution in [0, 0.1) is 0 Å². The van der Waals surface area contributed by atoms with Crippen LogP contribution in [0.1, 0.15) is 22.7 Å². The van der Waals surface area contributed by atoms with Crippen molar-refractivity contribution in [1.82, 2.24) is 4.90 Å². The third-order valence-electron chi connectivity index (χ3n) is 3.39. The van der Waals surface area contributed by atoms with Crippen molar-refractivity contribution in [3.05, 3.63) is 57.8 Å². The first-order chi connectivity index (χ1) is 9.91. The minimum atomic E-state index is -4.31. The summed E-state index contributed by atoms with van der Waals surface area (Å²) in [5.74, 6) is 0. The number of rotatable bonds is 5. The van der Waals surface area contributed by atoms with Crippen LogP contribution in [0.25, 0.3) is 0 Å². The van der Waals surface area contributed by atoms with E-state index in [1.165, 1.54) is 17.7 Å². The average molecular weight is 314 g/mol. The molecule has 0 saturated heterocycles. The predicted octanol–water partition coefficient (Wildman–Crippen LogP) is 3.90. The van der Waals surface area contributed by atoms with Crippen molar-refractivity contribution >= 4 is 11.3 Å². The predicted molar refractivity (Wildman–Crippen MR) is 79.0 cm³/mol. The lowest BCUT2D eigenvalue weighted by atomic mass is 10.0. The van der Waals surface area contributed by atoms with Crippen LogP contribution in [0.5, 0.6) is 0 Å². The first kappa shape index (κ1) is 16.0. The smallest absolute Gasteiger partial charge is 0.329 e. The molecule has 0 saturated carbocycles. The first-order valence-electron chi connectivity index (χ1n) is 6.50. The minimum Gasteiger partial charge on any atom is -0.329 e. The molecule has 1 unspecified atom stereocenters. The maximum atomic E-state index is 12.6. The summed E-state index contributed by atoms with van der Waals surface area (Å²) in [6, 6.07) is 7.15. The van der Waals surface area contributed by atoms with Gasteiger partial charge >= 0.3 is 6.18 Å². The Kier molecular flexibility index (Phi) is 5.03. The summed E-state index contributed by atoms with van der Waals surface area (Å²) in [6.45, 7) is 1.07. The van der Waals surface area contributed by atoms with Crippen molar-refractivity contribution in [2.75, 3.05) is 13.6 Å². The van der Waals surface area contributed by atoms with Crippen LogP contribution in [-0.2, 0) is 12.7 Å². The molecule has 1 aromatic carbocycles. The fourth-order valence-electron chi connectivity index (χ4n) is 2.25. The van der Waals surface area contributed by atoms with E-state index in [-0.39, 0.29) is 6.04 Å². The van der Waals surface area contributed by atoms with Crippen molar-refractivity contribution in [2.45, 2.75) is 18.8 Å². The molecule has 0 amide bonds. The molecule has 114 valence electrons. The van der Waals surface area contributed by atoms with Gasteiger partial charge in [-0.25, -0.2) is 0 Å². The molecule has 0 radical (unpaired) electrons. The lowest BCUT2D eigenvalue weighted by Crippen LogP contribution is -2.30. The monoisotopic (exact) mass is 314 g/mol. The molecule has 2 aromatic rings. The van der Waals surface area contributed by atoms with Crippen molar-refractivity contribution in [1.29, 1.82) is 0 Å². The van der Waals surface area contributed by atoms with Gasteiger partial charge in [-0.2, -0.15) is 24.5 Å². The molecular formula is C15H17F3N2S. The van der Waals surface area contributed by atoms with E-state index in [9.17, 15) is 13.2 Å². The van der Waals surface area contributed by atoms with Gasteiger partial charge in [0.1, 0.15) is 0 Å². The highest BCUT2D eigenvalue weighted by molar-refractivity contribution is 7.07. The van der Waals surface area contributed by atoms with Crippen LogP contribution in [0.2, 0.25) is 0 Å². The molecule has 0 fully saturated rings. The van der Waals surface area contributed by atoms with Gasteiger partial charge in [0, 0.05) is 19.1 Å². The summed E-state index contributed by atoms with van der Waals surface area (Å²) in [5.41, 5.74) is 7.13. The number of thiophene rings is 1. The number of likely N-dealkylation sites (N-methyl/N-ethyl adjacent to an activating group) is 1. The van der Waals surface area contributed by atoms with Gasteiger partial charge in [0.15, 0.2) is 0 Å². The number of hydrogen-bond acceptors (Lipinski definition) is 3. The summed E-state index contributed by atoms with van der Waals surface area (Å²) < 4.78 is 37.7. The second-order valence-corrected chi connectivity index (χ2v) is 5.70. The van der Waals surface area contributed by atoms with Gasteiger partial charge in [-0.15, -0.1) is 0 Å². The summed E-state index contributed by atoms with van der Waals surface area (Å²) in [7, 11) is 1.92. The molecule has 0 spiro atoms. The van der Waals surface area contributed by atoms with Crippen LogP contribution in [0.4, 0.5) is 13.2 Å². The van der Waals surface area contributed by atoms with E-state index in [0.29, 0.717) is 13.1 Å². The number of nitrogens with two attached hydrogens (primary N) is 1. The topological polar surface area (TPSA) is 29.3 Å². The van der Waals surface area contributed by atoms with Gasteiger partial charge < -0.3 is 5.73 Å². The lowest BCUT2D eigenvalue weighted by Gasteiger charge is -2.27. The normalized spacial score (nSPS) is 13.6. The number of benzene rings is 1. The Morgan fingerprint density at radius 3 is 2.33 bits per heavy atom. The minimum absolute atomic E-state index is 0.104. The van der Waals surface area contributed by atoms with Gasteiger partial charge in [0.05, 0.1) is 5.56 Å². The molecule has 0 aliphatic carbocycles. The Bertz CT molecular complexity index is 549. The quantitative estimate of drug-likeness (QED) is 0.907. The largest absolute Gasteiger partial charge is 0.416 e. The first-order valence-corrected chi connectivity index (χ1v) is 7.44. The standard InChI is InChI=1S/C15H17F3N2S/c1-20(9-11-6-7-21-10-11)14(8-19)12-2-4-13(5-3-12)15(16,17)18/h2-7,10,14H,8-9,19H2,1H3. The highest BCUT2D eigenvalue weighted by atomic mass is 32.1. The molecule has 0 aliphatic heterocycles. The Morgan fingerprint density at radius 1 is 1.19 bits per heavy atom. The Balaban J connectivity index is 2.13. The third-order valence-corrected chi connectivity index (χ3v) is 4.12. The zero-order valence-corrected chi connectivity index (χ0v) is 12.4. The Morgan fingerprint density at radius 2 is 1.86 bits per heavy atom. The van der Waals surface area contributed by atoms with E-state index in [4.69, 9.17) is 5.73 Å². The number of hydrogen-bond donors (Lipinski definition) is 1. The van der Waals surface area contributed by atoms with Crippen LogP contribution >= 0.6 is 11.3 Å². The fourth-order valence-corrected chi connectivity index (χ4v) is 2.91. The molecule has 0 bridgehead atoms. The Labute approximate surface area is 126 Å². The van der Waals surface area contributed by atoms with Crippen molar-refractivity contribution < 1.29 is 13.2 Å². The summed E-state index contributed by atoms with van der Waals surface area (Å²) in [6.07, 6.45) is -4.31. The second kappa shape index (κ2) is 6.60. The maximum absolute atomic E-state index is 12.6. The molecule has 1 heterocycles. The van der Waals surface area contributed by atoms with Gasteiger partial charge in [-0.1, -0.05) is 12.1 Å². The van der Waals surface area contributed by atoms with Crippen molar-refractivity contribution in [3.63, 3.8) is 0 Å². The molecule has 2 nitrogen and oxygen atoms in total. The fraction of sp³-hybridized carbons (Fsp3) is 0.333. The third kappa shape index (κ3) is 4.06. The van der Waals surface area contributed by atoms with Gasteiger partial charge in [-0.05, 0) is 47.1 Å². The van der Waals surface area contributed by atoms with E-state index in [1.807, 2.05) is 23.4 Å². The number of alkyl halides is 3. The maximum Gasteiger partial charge on any atom is 0.416 e. The van der Waals surface area contributed by atoms with Crippen LogP contribution in [0.15, 0.2) is 41.1 Å². The average Bonchev–Trinajstić information content (AvgIpc) is 2.92. The molecule has 2 N–H and O–H groups in total. The molecule has 21 heavy (non-hydrogen) atoms. The van der Waals surface area contributed by atoms with Crippen molar-refractivity contribution in [3.8, 4) is 0 Å². The Hall–Kier alpha value is -1.37. The molecule has 0 aliphatic rings. The SMILES string of the molecule is CN(Cc1ccsc1)C(CN)c1ccc(C(F)(F)F)cc1. The summed E-state index contributed by atoms with van der Waals surface area (Å²) >= 11 is 1.62. The zero-order chi connectivity index (χ0) is 15.5. The summed E-state index contributed by atoms with van der Waals surface area (Å²) in [5, 5.41) is 4.05. The van der Waals surface area contributed by atoms with Crippen LogP contribution < -0.4 is 5.73 Å². The van der Waals surface area contributed by atoms with E-state index < -0.39 is 11.7 Å². The molecule has 2 rings (SSSR count). The summed E-state index contributed by atoms with van der Waals surface area (Å²) in [4.78, 5) is 2.05. The second-order valence-electron chi connectivity index (χ2n) is 4.92. The van der Waals surface area contributed by atoms with Crippen molar-refractivity contribution in [2.24, 2.45) is 5.73 Å².